The smallest absolute Gasteiger partial charge is 0.145 e. The van der Waals surface area contributed by atoms with Gasteiger partial charge in [-0.3, -0.25) is 9.38 Å². The molecule has 1 fully saturated rings. The lowest BCUT2D eigenvalue weighted by Gasteiger charge is -2.30. The van der Waals surface area contributed by atoms with Gasteiger partial charge in [-0.05, 0) is 38.4 Å². The van der Waals surface area contributed by atoms with Crippen LogP contribution in [0, 0.1) is 0 Å². The standard InChI is InChI=1S/C17H19ClN6/c1-11-13(3-2-6-20-11)22-16-9-19-7-14(23-16)15-8-21-17-5-4-12(18)10-24(15)17/h4-5,7-11,13,20H,2-3,6H2,1H3,(H,22,23)/t11-,13-/m1/s1. The number of pyridine rings is 1. The van der Waals surface area contributed by atoms with Gasteiger partial charge in [0.05, 0.1) is 29.3 Å². The summed E-state index contributed by atoms with van der Waals surface area (Å²) in [4.78, 5) is 13.5. The molecule has 7 heteroatoms. The highest BCUT2D eigenvalue weighted by Gasteiger charge is 2.21. The number of imidazole rings is 1. The van der Waals surface area contributed by atoms with Crippen LogP contribution in [0.15, 0.2) is 36.9 Å². The highest BCUT2D eigenvalue weighted by molar-refractivity contribution is 6.30. The second-order valence-corrected chi connectivity index (χ2v) is 6.58. The summed E-state index contributed by atoms with van der Waals surface area (Å²) in [6.45, 7) is 3.27. The molecule has 0 aliphatic carbocycles. The lowest BCUT2D eigenvalue weighted by molar-refractivity contribution is 0.388. The van der Waals surface area contributed by atoms with Crippen LogP contribution >= 0.6 is 11.6 Å². The quantitative estimate of drug-likeness (QED) is 0.766. The third-order valence-corrected chi connectivity index (χ3v) is 4.69. The number of hydrogen-bond donors (Lipinski definition) is 2. The topological polar surface area (TPSA) is 67.1 Å². The van der Waals surface area contributed by atoms with E-state index in [0.29, 0.717) is 17.1 Å². The fraction of sp³-hybridized carbons (Fsp3) is 0.353. The number of fused-ring (bicyclic) bond motifs is 1. The van der Waals surface area contributed by atoms with Gasteiger partial charge >= 0.3 is 0 Å². The second-order valence-electron chi connectivity index (χ2n) is 6.14. The minimum Gasteiger partial charge on any atom is -0.364 e. The Morgan fingerprint density at radius 2 is 2.21 bits per heavy atom. The van der Waals surface area contributed by atoms with Crippen LogP contribution in [0.1, 0.15) is 19.8 Å². The van der Waals surface area contributed by atoms with Crippen molar-refractivity contribution in [3.05, 3.63) is 41.9 Å². The minimum atomic E-state index is 0.361. The molecule has 1 saturated heterocycles. The maximum atomic E-state index is 6.11. The second kappa shape index (κ2) is 6.37. The minimum absolute atomic E-state index is 0.361. The van der Waals surface area contributed by atoms with E-state index in [1.165, 1.54) is 6.42 Å². The zero-order chi connectivity index (χ0) is 16.5. The van der Waals surface area contributed by atoms with Gasteiger partial charge < -0.3 is 10.6 Å². The Hall–Kier alpha value is -2.18. The van der Waals surface area contributed by atoms with Crippen molar-refractivity contribution in [3.63, 3.8) is 0 Å². The molecule has 4 rings (SSSR count). The molecule has 1 aliphatic heterocycles. The van der Waals surface area contributed by atoms with E-state index < -0.39 is 0 Å². The van der Waals surface area contributed by atoms with Crippen molar-refractivity contribution < 1.29 is 0 Å². The summed E-state index contributed by atoms with van der Waals surface area (Å²) in [5.74, 6) is 0.782. The first-order chi connectivity index (χ1) is 11.7. The molecule has 124 valence electrons. The third-order valence-electron chi connectivity index (χ3n) is 4.46. The van der Waals surface area contributed by atoms with Crippen LogP contribution in [0.3, 0.4) is 0 Å². The van der Waals surface area contributed by atoms with Crippen LogP contribution in [-0.4, -0.2) is 38.0 Å². The molecule has 1 aliphatic rings. The van der Waals surface area contributed by atoms with Gasteiger partial charge in [-0.15, -0.1) is 0 Å². The van der Waals surface area contributed by atoms with Gasteiger partial charge in [0.15, 0.2) is 0 Å². The summed E-state index contributed by atoms with van der Waals surface area (Å²) < 4.78 is 1.93. The molecular formula is C17H19ClN6. The van der Waals surface area contributed by atoms with Gasteiger partial charge in [0.1, 0.15) is 17.2 Å². The maximum absolute atomic E-state index is 6.11. The van der Waals surface area contributed by atoms with Gasteiger partial charge in [-0.1, -0.05) is 11.6 Å². The zero-order valence-corrected chi connectivity index (χ0v) is 14.2. The zero-order valence-electron chi connectivity index (χ0n) is 13.4. The van der Waals surface area contributed by atoms with Crippen LogP contribution in [0.2, 0.25) is 5.02 Å². The summed E-state index contributed by atoms with van der Waals surface area (Å²) >= 11 is 6.11. The van der Waals surface area contributed by atoms with Gasteiger partial charge in [-0.25, -0.2) is 9.97 Å². The summed E-state index contributed by atoms with van der Waals surface area (Å²) in [6.07, 6.45) is 9.45. The number of rotatable bonds is 3. The third kappa shape index (κ3) is 2.95. The van der Waals surface area contributed by atoms with Crippen LogP contribution in [0.25, 0.3) is 17.0 Å². The number of anilines is 1. The van der Waals surface area contributed by atoms with Crippen molar-refractivity contribution in [2.24, 2.45) is 0 Å². The van der Waals surface area contributed by atoms with E-state index in [9.17, 15) is 0 Å². The number of nitrogens with one attached hydrogen (secondary N) is 2. The molecule has 0 amide bonds. The first-order valence-electron chi connectivity index (χ1n) is 8.16. The van der Waals surface area contributed by atoms with Crippen molar-refractivity contribution in [2.45, 2.75) is 31.8 Å². The molecular weight excluding hydrogens is 324 g/mol. The van der Waals surface area contributed by atoms with E-state index in [4.69, 9.17) is 16.6 Å². The fourth-order valence-electron chi connectivity index (χ4n) is 3.13. The summed E-state index contributed by atoms with van der Waals surface area (Å²) in [6, 6.07) is 4.49. The fourth-order valence-corrected chi connectivity index (χ4v) is 3.29. The first kappa shape index (κ1) is 15.4. The monoisotopic (exact) mass is 342 g/mol. The molecule has 24 heavy (non-hydrogen) atoms. The predicted molar refractivity (Wildman–Crippen MR) is 95.3 cm³/mol. The Morgan fingerprint density at radius 3 is 3.08 bits per heavy atom. The van der Waals surface area contributed by atoms with Crippen LogP contribution in [0.5, 0.6) is 0 Å². The van der Waals surface area contributed by atoms with E-state index in [2.05, 4.69) is 27.5 Å². The molecule has 6 nitrogen and oxygen atoms in total. The molecule has 3 aromatic heterocycles. The van der Waals surface area contributed by atoms with Crippen molar-refractivity contribution in [1.82, 2.24) is 24.7 Å². The van der Waals surface area contributed by atoms with E-state index in [1.807, 2.05) is 22.7 Å². The molecule has 2 N–H and O–H groups in total. The molecule has 4 heterocycles. The van der Waals surface area contributed by atoms with Gasteiger partial charge in [0, 0.05) is 18.3 Å². The molecule has 3 aromatic rings. The van der Waals surface area contributed by atoms with Crippen molar-refractivity contribution in [3.8, 4) is 11.4 Å². The van der Waals surface area contributed by atoms with Crippen LogP contribution in [0.4, 0.5) is 5.82 Å². The summed E-state index contributed by atoms with van der Waals surface area (Å²) in [5, 5.41) is 7.64. The van der Waals surface area contributed by atoms with E-state index in [-0.39, 0.29) is 0 Å². The predicted octanol–water partition coefficient (Wildman–Crippen LogP) is 3.00. The van der Waals surface area contributed by atoms with Crippen LogP contribution in [-0.2, 0) is 0 Å². The van der Waals surface area contributed by atoms with E-state index in [0.717, 1.165) is 35.8 Å². The largest absolute Gasteiger partial charge is 0.364 e. The summed E-state index contributed by atoms with van der Waals surface area (Å²) in [5.41, 5.74) is 2.48. The lowest BCUT2D eigenvalue weighted by atomic mass is 10.00. The van der Waals surface area contributed by atoms with Gasteiger partial charge in [-0.2, -0.15) is 0 Å². The molecule has 0 spiro atoms. The average molecular weight is 343 g/mol. The molecule has 0 radical (unpaired) electrons. The SMILES string of the molecule is C[C@H]1NCCC[C@H]1Nc1cncc(-c2cnc3ccc(Cl)cn23)n1. The Morgan fingerprint density at radius 1 is 1.29 bits per heavy atom. The van der Waals surface area contributed by atoms with E-state index >= 15 is 0 Å². The number of hydrogen-bond acceptors (Lipinski definition) is 5. The molecule has 0 aromatic carbocycles. The Bertz CT molecular complexity index is 861. The molecule has 0 bridgehead atoms. The van der Waals surface area contributed by atoms with Gasteiger partial charge in [0.25, 0.3) is 0 Å². The summed E-state index contributed by atoms with van der Waals surface area (Å²) in [7, 11) is 0. The van der Waals surface area contributed by atoms with Crippen molar-refractivity contribution in [1.29, 1.82) is 0 Å². The number of aromatic nitrogens is 4. The van der Waals surface area contributed by atoms with Crippen molar-refractivity contribution >= 4 is 23.1 Å². The maximum Gasteiger partial charge on any atom is 0.145 e. The number of halogens is 1. The molecule has 2 atom stereocenters. The first-order valence-corrected chi connectivity index (χ1v) is 8.53. The average Bonchev–Trinajstić information content (AvgIpc) is 3.00. The highest BCUT2D eigenvalue weighted by Crippen LogP contribution is 2.22. The highest BCUT2D eigenvalue weighted by atomic mass is 35.5. The Labute approximate surface area is 145 Å². The van der Waals surface area contributed by atoms with Crippen LogP contribution < -0.4 is 10.6 Å². The number of piperidine rings is 1. The number of nitrogens with zero attached hydrogens (tertiary/aromatic N) is 4. The lowest BCUT2D eigenvalue weighted by Crippen LogP contribution is -2.46. The Balaban J connectivity index is 1.65. The van der Waals surface area contributed by atoms with E-state index in [1.54, 1.807) is 18.6 Å². The van der Waals surface area contributed by atoms with Gasteiger partial charge in [0.2, 0.25) is 0 Å². The molecule has 0 saturated carbocycles. The normalized spacial score (nSPS) is 21.1. The molecule has 0 unspecified atom stereocenters. The van der Waals surface area contributed by atoms with Crippen molar-refractivity contribution in [2.75, 3.05) is 11.9 Å². The Kier molecular flexibility index (Phi) is 4.08.